The lowest BCUT2D eigenvalue weighted by Gasteiger charge is -2.28. The molecule has 14 heteroatoms. The third kappa shape index (κ3) is 6.66. The van der Waals surface area contributed by atoms with Crippen molar-refractivity contribution in [3.63, 3.8) is 0 Å². The van der Waals surface area contributed by atoms with E-state index in [1.165, 1.54) is 0 Å². The van der Waals surface area contributed by atoms with Crippen molar-refractivity contribution in [2.45, 2.75) is 32.4 Å². The predicted molar refractivity (Wildman–Crippen MR) is 182 cm³/mol. The number of rotatable bonds is 9. The first-order valence-electron chi connectivity index (χ1n) is 15.9. The molecule has 0 aliphatic carbocycles. The number of nitrogens with zero attached hydrogens (tertiary/aromatic N) is 5. The molecule has 3 aliphatic rings. The molecule has 4 N–H and O–H groups in total. The number of carbonyl (C=O) groups excluding carboxylic acids is 4. The molecule has 0 saturated carbocycles. The quantitative estimate of drug-likeness (QED) is 0.224. The Morgan fingerprint density at radius 1 is 0.939 bits per heavy atom. The van der Waals surface area contributed by atoms with Crippen molar-refractivity contribution in [3.05, 3.63) is 84.3 Å². The molecule has 0 bridgehead atoms. The topological polar surface area (TPSA) is 172 Å². The summed E-state index contributed by atoms with van der Waals surface area (Å²) in [5, 5.41) is 5.94. The summed E-state index contributed by atoms with van der Waals surface area (Å²) in [7, 11) is 0. The van der Waals surface area contributed by atoms with Crippen molar-refractivity contribution >= 4 is 52.5 Å². The van der Waals surface area contributed by atoms with Crippen LogP contribution >= 0.6 is 0 Å². The maximum atomic E-state index is 13.4. The van der Waals surface area contributed by atoms with Crippen LogP contribution in [0, 0.1) is 0 Å². The normalized spacial score (nSPS) is 16.6. The number of carbonyl (C=O) groups is 4. The van der Waals surface area contributed by atoms with Gasteiger partial charge in [0.15, 0.2) is 6.61 Å². The molecule has 1 unspecified atom stereocenters. The molecule has 250 valence electrons. The third-order valence-electron chi connectivity index (χ3n) is 8.68. The number of nitrogens with two attached hydrogens (primary N) is 1. The van der Waals surface area contributed by atoms with Crippen LogP contribution in [0.1, 0.15) is 37.0 Å². The highest BCUT2D eigenvalue weighted by molar-refractivity contribution is 5.96. The van der Waals surface area contributed by atoms with Crippen LogP contribution in [0.4, 0.5) is 38.2 Å². The number of hydrogen-bond donors (Lipinski definition) is 3. The number of nitrogens with one attached hydrogen (secondary N) is 2. The molecule has 7 rings (SSSR count). The smallest absolute Gasteiger partial charge is 0.405 e. The minimum atomic E-state index is -1.02. The molecule has 14 nitrogen and oxygen atoms in total. The van der Waals surface area contributed by atoms with Crippen LogP contribution in [0.2, 0.25) is 0 Å². The van der Waals surface area contributed by atoms with Crippen molar-refractivity contribution in [2.75, 3.05) is 46.7 Å². The Labute approximate surface area is 281 Å². The lowest BCUT2D eigenvalue weighted by atomic mass is 9.94. The fraction of sp³-hybridized carbons (Fsp3) is 0.257. The van der Waals surface area contributed by atoms with Crippen molar-refractivity contribution in [1.29, 1.82) is 0 Å². The largest absolute Gasteiger partial charge is 0.485 e. The van der Waals surface area contributed by atoms with E-state index in [2.05, 4.69) is 25.3 Å². The van der Waals surface area contributed by atoms with Crippen LogP contribution in [0.5, 0.6) is 5.75 Å². The molecule has 5 amide bonds. The third-order valence-corrected chi connectivity index (χ3v) is 8.68. The van der Waals surface area contributed by atoms with Gasteiger partial charge in [0.1, 0.15) is 17.7 Å². The Morgan fingerprint density at radius 2 is 1.78 bits per heavy atom. The molecular weight excluding hydrogens is 628 g/mol. The molecule has 2 saturated heterocycles. The lowest BCUT2D eigenvalue weighted by molar-refractivity contribution is -0.119. The van der Waals surface area contributed by atoms with E-state index in [-0.39, 0.29) is 18.0 Å². The summed E-state index contributed by atoms with van der Waals surface area (Å²) in [5.41, 5.74) is 11.4. The van der Waals surface area contributed by atoms with Gasteiger partial charge in [-0.2, -0.15) is 0 Å². The molecule has 2 aromatic carbocycles. The van der Waals surface area contributed by atoms with Gasteiger partial charge in [0.25, 0.3) is 5.91 Å². The summed E-state index contributed by atoms with van der Waals surface area (Å²) in [5.74, 6) is 0.974. The lowest BCUT2D eigenvalue weighted by Crippen LogP contribution is -2.31. The van der Waals surface area contributed by atoms with Gasteiger partial charge in [-0.1, -0.05) is 12.1 Å². The van der Waals surface area contributed by atoms with E-state index in [4.69, 9.17) is 10.5 Å². The van der Waals surface area contributed by atoms with Gasteiger partial charge < -0.3 is 35.6 Å². The number of primary amides is 1. The molecule has 2 aromatic heterocycles. The highest BCUT2D eigenvalue weighted by atomic mass is 16.5. The standard InChI is InChI=1S/C35H34N8O6/c1-21-28-15-31(38-18-29(28)27-9-8-25(14-30(27)49-21)42-10-2-3-33(42)45)39-24-13-26(17-37-16-24)43-12-11-41(35(43)47)19-22-4-6-23(7-5-22)40-32(44)20-48-34(36)46/h4-9,13-18,21H,2-3,10-12,19-20H2,1H3,(H2,36,46)(H,38,39)(H,40,44). The molecule has 0 radical (unpaired) electrons. The first-order chi connectivity index (χ1) is 23.7. The number of fused-ring (bicyclic) bond motifs is 3. The first-order valence-corrected chi connectivity index (χ1v) is 15.9. The van der Waals surface area contributed by atoms with Gasteiger partial charge in [0.2, 0.25) is 5.91 Å². The van der Waals surface area contributed by atoms with Crippen LogP contribution in [0.15, 0.2) is 73.2 Å². The van der Waals surface area contributed by atoms with Crippen molar-refractivity contribution < 1.29 is 28.7 Å². The Hall–Kier alpha value is -6.18. The minimum Gasteiger partial charge on any atom is -0.485 e. The molecule has 3 aliphatic heterocycles. The average Bonchev–Trinajstić information content (AvgIpc) is 3.69. The highest BCUT2D eigenvalue weighted by Gasteiger charge is 2.31. The summed E-state index contributed by atoms with van der Waals surface area (Å²) >= 11 is 0. The van der Waals surface area contributed by atoms with Gasteiger partial charge in [-0.3, -0.25) is 19.5 Å². The number of benzene rings is 2. The number of hydrogen-bond acceptors (Lipinski definition) is 9. The number of pyridine rings is 2. The molecule has 0 spiro atoms. The number of amides is 5. The van der Waals surface area contributed by atoms with Crippen LogP contribution < -0.4 is 30.9 Å². The fourth-order valence-corrected chi connectivity index (χ4v) is 6.28. The zero-order valence-electron chi connectivity index (χ0n) is 26.7. The van der Waals surface area contributed by atoms with E-state index < -0.39 is 18.6 Å². The number of ether oxygens (including phenoxy) is 2. The second-order valence-corrected chi connectivity index (χ2v) is 12.0. The van der Waals surface area contributed by atoms with Crippen molar-refractivity contribution in [3.8, 4) is 16.9 Å². The Morgan fingerprint density at radius 3 is 2.55 bits per heavy atom. The zero-order chi connectivity index (χ0) is 34.1. The summed E-state index contributed by atoms with van der Waals surface area (Å²) < 4.78 is 10.8. The minimum absolute atomic E-state index is 0.135. The average molecular weight is 663 g/mol. The monoisotopic (exact) mass is 662 g/mol. The van der Waals surface area contributed by atoms with Crippen LogP contribution in [-0.2, 0) is 20.9 Å². The summed E-state index contributed by atoms with van der Waals surface area (Å²) in [6, 6.07) is 16.6. The van der Waals surface area contributed by atoms with Gasteiger partial charge in [-0.15, -0.1) is 0 Å². The molecular formula is C35H34N8O6. The van der Waals surface area contributed by atoms with Crippen molar-refractivity contribution in [1.82, 2.24) is 14.9 Å². The van der Waals surface area contributed by atoms with Crippen LogP contribution in [0.25, 0.3) is 11.1 Å². The highest BCUT2D eigenvalue weighted by Crippen LogP contribution is 2.44. The Kier molecular flexibility index (Phi) is 8.43. The maximum absolute atomic E-state index is 13.4. The van der Waals surface area contributed by atoms with Crippen LogP contribution in [0.3, 0.4) is 0 Å². The Balaban J connectivity index is 0.995. The summed E-state index contributed by atoms with van der Waals surface area (Å²) in [6.07, 6.45) is 5.34. The molecule has 5 heterocycles. The zero-order valence-corrected chi connectivity index (χ0v) is 26.7. The van der Waals surface area contributed by atoms with E-state index in [1.54, 1.807) is 34.3 Å². The number of anilines is 5. The summed E-state index contributed by atoms with van der Waals surface area (Å²) in [4.78, 5) is 62.5. The fourth-order valence-electron chi connectivity index (χ4n) is 6.28. The molecule has 49 heavy (non-hydrogen) atoms. The van der Waals surface area contributed by atoms with Gasteiger partial charge >= 0.3 is 12.1 Å². The second kappa shape index (κ2) is 13.1. The van der Waals surface area contributed by atoms with Crippen LogP contribution in [-0.4, -0.2) is 65.0 Å². The maximum Gasteiger partial charge on any atom is 0.405 e. The van der Waals surface area contributed by atoms with E-state index in [0.717, 1.165) is 46.7 Å². The van der Waals surface area contributed by atoms with E-state index in [0.29, 0.717) is 48.9 Å². The molecule has 2 fully saturated rings. The molecule has 1 atom stereocenters. The van der Waals surface area contributed by atoms with E-state index >= 15 is 0 Å². The summed E-state index contributed by atoms with van der Waals surface area (Å²) in [6.45, 7) is 3.65. The Bertz CT molecular complexity index is 1950. The molecule has 4 aromatic rings. The van der Waals surface area contributed by atoms with Gasteiger partial charge in [-0.25, -0.2) is 14.6 Å². The van der Waals surface area contributed by atoms with Gasteiger partial charge in [0.05, 0.1) is 23.8 Å². The second-order valence-electron chi connectivity index (χ2n) is 12.0. The van der Waals surface area contributed by atoms with E-state index in [9.17, 15) is 19.2 Å². The SMILES string of the molecule is CC1Oc2cc(N3CCCC3=O)ccc2-c2cnc(Nc3cncc(N4CCN(Cc5ccc(NC(=O)COC(N)=O)cc5)C4=O)c3)cc21. The van der Waals surface area contributed by atoms with Gasteiger partial charge in [0, 0.05) is 72.9 Å². The first kappa shape index (κ1) is 31.4. The van der Waals surface area contributed by atoms with E-state index in [1.807, 2.05) is 60.5 Å². The number of aromatic nitrogens is 2. The van der Waals surface area contributed by atoms with Gasteiger partial charge in [-0.05, 0) is 55.3 Å². The van der Waals surface area contributed by atoms with Crippen molar-refractivity contribution in [2.24, 2.45) is 5.73 Å². The predicted octanol–water partition coefficient (Wildman–Crippen LogP) is 4.94. The number of urea groups is 1.